The van der Waals surface area contributed by atoms with Crippen LogP contribution in [0, 0.1) is 13.8 Å². The molecule has 0 radical (unpaired) electrons. The molecule has 2 heterocycles. The van der Waals surface area contributed by atoms with E-state index in [0.717, 1.165) is 0 Å². The fourth-order valence-corrected chi connectivity index (χ4v) is 2.49. The van der Waals surface area contributed by atoms with Crippen molar-refractivity contribution in [1.29, 1.82) is 0 Å². The number of hydrogen-bond acceptors (Lipinski definition) is 6. The molecule has 0 aliphatic heterocycles. The van der Waals surface area contributed by atoms with Crippen LogP contribution in [0.25, 0.3) is 11.4 Å². The fraction of sp³-hybridized carbons (Fsp3) is 0.333. The summed E-state index contributed by atoms with van der Waals surface area (Å²) in [4.78, 5) is 0. The second kappa shape index (κ2) is 4.29. The van der Waals surface area contributed by atoms with E-state index in [-0.39, 0.29) is 5.16 Å². The molecule has 0 N–H and O–H groups in total. The van der Waals surface area contributed by atoms with Gasteiger partial charge < -0.3 is 0 Å². The largest absolute Gasteiger partial charge is 0.300 e. The summed E-state index contributed by atoms with van der Waals surface area (Å²) in [5.41, 5.74) is 2.01. The van der Waals surface area contributed by atoms with Crippen LogP contribution in [0.4, 0.5) is 0 Å². The predicted octanol–water partition coefficient (Wildman–Crippen LogP) is 0.816. The third kappa shape index (κ3) is 2.21. The highest BCUT2D eigenvalue weighted by Gasteiger charge is 2.22. The third-order valence-corrected chi connectivity index (χ3v) is 3.60. The van der Waals surface area contributed by atoms with Crippen molar-refractivity contribution in [2.75, 3.05) is 0 Å². The average Bonchev–Trinajstić information content (AvgIpc) is 2.63. The zero-order valence-electron chi connectivity index (χ0n) is 9.92. The molecule has 0 bridgehead atoms. The Morgan fingerprint density at radius 3 is 2.39 bits per heavy atom. The first-order valence-corrected chi connectivity index (χ1v) is 7.27. The van der Waals surface area contributed by atoms with Gasteiger partial charge in [-0.2, -0.15) is 10.2 Å². The summed E-state index contributed by atoms with van der Waals surface area (Å²) in [7, 11) is 2.87. The molecule has 2 aromatic heterocycles. The van der Waals surface area contributed by atoms with E-state index in [1.165, 1.54) is 11.6 Å². The van der Waals surface area contributed by atoms with Crippen molar-refractivity contribution in [2.45, 2.75) is 19.0 Å². The summed E-state index contributed by atoms with van der Waals surface area (Å²) in [6.07, 6.45) is 0. The Morgan fingerprint density at radius 2 is 1.83 bits per heavy atom. The van der Waals surface area contributed by atoms with Crippen LogP contribution in [0.2, 0.25) is 0 Å². The molecule has 2 aromatic rings. The lowest BCUT2D eigenvalue weighted by atomic mass is 10.2. The highest BCUT2D eigenvalue weighted by atomic mass is 35.7. The number of rotatable bonds is 2. The van der Waals surface area contributed by atoms with Crippen LogP contribution in [0.1, 0.15) is 11.4 Å². The summed E-state index contributed by atoms with van der Waals surface area (Å²) < 4.78 is 23.8. The fourth-order valence-electron chi connectivity index (χ4n) is 1.54. The highest BCUT2D eigenvalue weighted by molar-refractivity contribution is 8.13. The van der Waals surface area contributed by atoms with Gasteiger partial charge in [-0.05, 0) is 19.9 Å². The Labute approximate surface area is 108 Å². The smallest absolute Gasteiger partial charge is 0.296 e. The van der Waals surface area contributed by atoms with Gasteiger partial charge in [0.25, 0.3) is 14.2 Å². The van der Waals surface area contributed by atoms with Gasteiger partial charge in [0.2, 0.25) is 0 Å². The second-order valence-electron chi connectivity index (χ2n) is 3.79. The van der Waals surface area contributed by atoms with E-state index in [1.54, 1.807) is 19.9 Å². The number of halogens is 1. The average molecular weight is 288 g/mol. The van der Waals surface area contributed by atoms with E-state index in [9.17, 15) is 8.42 Å². The van der Waals surface area contributed by atoms with Gasteiger partial charge in [0.1, 0.15) is 0 Å². The zero-order chi connectivity index (χ0) is 13.5. The van der Waals surface area contributed by atoms with Gasteiger partial charge in [0.05, 0.1) is 11.4 Å². The maximum atomic E-state index is 11.3. The Hall–Kier alpha value is -1.54. The van der Waals surface area contributed by atoms with Gasteiger partial charge in [-0.25, -0.2) is 8.42 Å². The van der Waals surface area contributed by atoms with E-state index in [4.69, 9.17) is 10.7 Å². The van der Waals surface area contributed by atoms with Crippen LogP contribution >= 0.6 is 10.7 Å². The van der Waals surface area contributed by atoms with E-state index in [1.807, 2.05) is 0 Å². The maximum absolute atomic E-state index is 11.3. The second-order valence-corrected chi connectivity index (χ2v) is 6.25. The molecule has 0 unspecified atom stereocenters. The van der Waals surface area contributed by atoms with Crippen LogP contribution in [0.15, 0.2) is 11.2 Å². The molecule has 0 spiro atoms. The Balaban J connectivity index is 2.67. The lowest BCUT2D eigenvalue weighted by Gasteiger charge is -2.05. The van der Waals surface area contributed by atoms with Crippen LogP contribution in [-0.2, 0) is 16.1 Å². The minimum Gasteiger partial charge on any atom is -0.300 e. The summed E-state index contributed by atoms with van der Waals surface area (Å²) in [5, 5.41) is 15.0. The molecule has 18 heavy (non-hydrogen) atoms. The SMILES string of the molecule is Cc1cc(-c2nnc(S(=O)(=O)Cl)n2C)c(C)nn1. The normalized spacial score (nSPS) is 11.8. The predicted molar refractivity (Wildman–Crippen MR) is 64.5 cm³/mol. The van der Waals surface area contributed by atoms with Crippen molar-refractivity contribution in [3.63, 3.8) is 0 Å². The first-order chi connectivity index (χ1) is 8.30. The standard InChI is InChI=1S/C9H10ClN5O2S/c1-5-4-7(6(2)12-11-5)8-13-14-9(15(8)3)18(10,16)17/h4H,1-3H3. The molecule has 0 fully saturated rings. The molecule has 0 aromatic carbocycles. The Morgan fingerprint density at radius 1 is 1.17 bits per heavy atom. The Kier molecular flexibility index (Phi) is 3.07. The minimum atomic E-state index is -3.92. The summed E-state index contributed by atoms with van der Waals surface area (Å²) in [6, 6.07) is 1.76. The van der Waals surface area contributed by atoms with E-state index in [0.29, 0.717) is 22.8 Å². The molecule has 9 heteroatoms. The molecule has 96 valence electrons. The van der Waals surface area contributed by atoms with Crippen molar-refractivity contribution in [2.24, 2.45) is 7.05 Å². The van der Waals surface area contributed by atoms with Crippen LogP contribution in [0.5, 0.6) is 0 Å². The minimum absolute atomic E-state index is 0.298. The number of aryl methyl sites for hydroxylation is 2. The van der Waals surface area contributed by atoms with Crippen molar-refractivity contribution in [3.8, 4) is 11.4 Å². The molecule has 0 aliphatic carbocycles. The number of hydrogen-bond donors (Lipinski definition) is 0. The van der Waals surface area contributed by atoms with Crippen molar-refractivity contribution >= 4 is 19.7 Å². The molecule has 0 amide bonds. The Bertz CT molecular complexity index is 710. The first kappa shape index (κ1) is 12.9. The lowest BCUT2D eigenvalue weighted by molar-refractivity contribution is 0.593. The van der Waals surface area contributed by atoms with Crippen molar-refractivity contribution in [3.05, 3.63) is 17.5 Å². The maximum Gasteiger partial charge on any atom is 0.296 e. The van der Waals surface area contributed by atoms with Crippen molar-refractivity contribution in [1.82, 2.24) is 25.0 Å². The van der Waals surface area contributed by atoms with Gasteiger partial charge in [-0.15, -0.1) is 10.2 Å². The van der Waals surface area contributed by atoms with Crippen molar-refractivity contribution < 1.29 is 8.42 Å². The lowest BCUT2D eigenvalue weighted by Crippen LogP contribution is -2.04. The van der Waals surface area contributed by atoms with Gasteiger partial charge in [0, 0.05) is 23.3 Å². The topological polar surface area (TPSA) is 90.6 Å². The van der Waals surface area contributed by atoms with Gasteiger partial charge in [-0.3, -0.25) is 4.57 Å². The molecule has 0 saturated carbocycles. The van der Waals surface area contributed by atoms with Crippen LogP contribution in [0.3, 0.4) is 0 Å². The van der Waals surface area contributed by atoms with Gasteiger partial charge in [0.15, 0.2) is 5.82 Å². The molecule has 0 saturated heterocycles. The monoisotopic (exact) mass is 287 g/mol. The quantitative estimate of drug-likeness (QED) is 0.759. The summed E-state index contributed by atoms with van der Waals surface area (Å²) in [6.45, 7) is 3.54. The van der Waals surface area contributed by atoms with Gasteiger partial charge >= 0.3 is 0 Å². The molecule has 0 aliphatic rings. The zero-order valence-corrected chi connectivity index (χ0v) is 11.5. The third-order valence-electron chi connectivity index (χ3n) is 2.39. The summed E-state index contributed by atoms with van der Waals surface area (Å²) in [5.74, 6) is 0.379. The molecular formula is C9H10ClN5O2S. The molecule has 2 rings (SSSR count). The molecule has 7 nitrogen and oxygen atoms in total. The molecular weight excluding hydrogens is 278 g/mol. The highest BCUT2D eigenvalue weighted by Crippen LogP contribution is 2.23. The van der Waals surface area contributed by atoms with E-state index in [2.05, 4.69) is 20.4 Å². The van der Waals surface area contributed by atoms with Gasteiger partial charge in [-0.1, -0.05) is 0 Å². The van der Waals surface area contributed by atoms with Crippen LogP contribution in [-0.4, -0.2) is 33.4 Å². The number of aromatic nitrogens is 5. The van der Waals surface area contributed by atoms with E-state index < -0.39 is 9.05 Å². The van der Waals surface area contributed by atoms with Crippen LogP contribution < -0.4 is 0 Å². The molecule has 0 atom stereocenters. The first-order valence-electron chi connectivity index (χ1n) is 4.96. The number of nitrogens with zero attached hydrogens (tertiary/aromatic N) is 5. The van der Waals surface area contributed by atoms with E-state index >= 15 is 0 Å². The summed E-state index contributed by atoms with van der Waals surface area (Å²) >= 11 is 0.